The molecule has 0 bridgehead atoms. The number of hydrogen-bond acceptors (Lipinski definition) is 4. The number of nitrogens with one attached hydrogen (secondary N) is 1. The lowest BCUT2D eigenvalue weighted by Crippen LogP contribution is -2.11. The molecule has 0 aromatic carbocycles. The number of ether oxygens (including phenoxy) is 1. The van der Waals surface area contributed by atoms with E-state index in [4.69, 9.17) is 4.74 Å². The van der Waals surface area contributed by atoms with E-state index in [2.05, 4.69) is 26.2 Å². The molecule has 2 heterocycles. The minimum atomic E-state index is -0.183. The number of halogens is 1. The number of rotatable bonds is 3. The third-order valence-corrected chi connectivity index (χ3v) is 4.04. The average molecular weight is 327 g/mol. The average Bonchev–Trinajstić information content (AvgIpc) is 2.82. The number of aromatic nitrogens is 1. The molecule has 0 radical (unpaired) electrons. The molecule has 4 nitrogen and oxygen atoms in total. The fourth-order valence-electron chi connectivity index (χ4n) is 1.34. The molecule has 0 fully saturated rings. The molecule has 0 spiro atoms. The van der Waals surface area contributed by atoms with E-state index in [9.17, 15) is 4.79 Å². The zero-order valence-corrected chi connectivity index (χ0v) is 12.3. The van der Waals surface area contributed by atoms with E-state index >= 15 is 0 Å². The monoisotopic (exact) mass is 326 g/mol. The first-order valence-electron chi connectivity index (χ1n) is 5.17. The van der Waals surface area contributed by atoms with Gasteiger partial charge in [-0.25, -0.2) is 4.98 Å². The molecule has 0 saturated heterocycles. The van der Waals surface area contributed by atoms with Crippen molar-refractivity contribution in [1.29, 1.82) is 0 Å². The molecule has 1 amide bonds. The van der Waals surface area contributed by atoms with Crippen LogP contribution in [-0.2, 0) is 0 Å². The van der Waals surface area contributed by atoms with Crippen molar-refractivity contribution >= 4 is 39.0 Å². The Balaban J connectivity index is 2.13. The van der Waals surface area contributed by atoms with Crippen LogP contribution in [-0.4, -0.2) is 18.0 Å². The van der Waals surface area contributed by atoms with Gasteiger partial charge in [0.15, 0.2) is 0 Å². The number of anilines is 1. The quantitative estimate of drug-likeness (QED) is 0.939. The van der Waals surface area contributed by atoms with Crippen LogP contribution in [0.15, 0.2) is 28.1 Å². The smallest absolute Gasteiger partial charge is 0.267 e. The highest BCUT2D eigenvalue weighted by molar-refractivity contribution is 9.10. The number of thiophene rings is 1. The van der Waals surface area contributed by atoms with Crippen LogP contribution in [0.3, 0.4) is 0 Å². The van der Waals surface area contributed by atoms with Crippen LogP contribution in [0.25, 0.3) is 0 Å². The molecule has 0 unspecified atom stereocenters. The van der Waals surface area contributed by atoms with Gasteiger partial charge in [-0.15, -0.1) is 11.3 Å². The van der Waals surface area contributed by atoms with Gasteiger partial charge in [-0.1, -0.05) is 0 Å². The van der Waals surface area contributed by atoms with Crippen molar-refractivity contribution in [2.75, 3.05) is 12.4 Å². The predicted molar refractivity (Wildman–Crippen MR) is 75.5 cm³/mol. The normalized spacial score (nSPS) is 10.2. The Kier molecular flexibility index (Phi) is 3.98. The lowest BCUT2D eigenvalue weighted by molar-refractivity contribution is 0.103. The molecular formula is C12H11BrN2O2S. The number of carbonyl (C=O) groups excluding carboxylic acids is 1. The zero-order chi connectivity index (χ0) is 13.1. The van der Waals surface area contributed by atoms with Gasteiger partial charge in [-0.05, 0) is 35.0 Å². The summed E-state index contributed by atoms with van der Waals surface area (Å²) in [5.41, 5.74) is 0.830. The van der Waals surface area contributed by atoms with Gasteiger partial charge in [0, 0.05) is 15.9 Å². The topological polar surface area (TPSA) is 51.2 Å². The number of hydrogen-bond donors (Lipinski definition) is 1. The molecule has 0 aliphatic rings. The van der Waals surface area contributed by atoms with Crippen LogP contribution in [0, 0.1) is 6.92 Å². The largest absolute Gasteiger partial charge is 0.496 e. The lowest BCUT2D eigenvalue weighted by atomic mass is 10.3. The summed E-state index contributed by atoms with van der Waals surface area (Å²) in [6, 6.07) is 5.30. The summed E-state index contributed by atoms with van der Waals surface area (Å²) in [4.78, 5) is 16.8. The highest BCUT2D eigenvalue weighted by Gasteiger charge is 2.10. The molecule has 2 rings (SSSR count). The zero-order valence-electron chi connectivity index (χ0n) is 9.86. The first kappa shape index (κ1) is 13.0. The third-order valence-electron chi connectivity index (χ3n) is 2.30. The number of methoxy groups -OCH3 is 1. The predicted octanol–water partition coefficient (Wildman–Crippen LogP) is 3.47. The summed E-state index contributed by atoms with van der Waals surface area (Å²) in [5, 5.41) is 4.53. The van der Waals surface area contributed by atoms with Crippen molar-refractivity contribution in [3.63, 3.8) is 0 Å². The summed E-state index contributed by atoms with van der Waals surface area (Å²) >= 11 is 4.70. The van der Waals surface area contributed by atoms with E-state index in [0.29, 0.717) is 16.4 Å². The highest BCUT2D eigenvalue weighted by Crippen LogP contribution is 2.22. The van der Waals surface area contributed by atoms with Crippen LogP contribution in [0.5, 0.6) is 5.75 Å². The lowest BCUT2D eigenvalue weighted by Gasteiger charge is -2.04. The van der Waals surface area contributed by atoms with Gasteiger partial charge in [-0.3, -0.25) is 4.79 Å². The fraction of sp³-hybridized carbons (Fsp3) is 0.167. The second-order valence-electron chi connectivity index (χ2n) is 3.57. The number of aryl methyl sites for hydroxylation is 1. The molecule has 1 N–H and O–H groups in total. The molecule has 18 heavy (non-hydrogen) atoms. The molecule has 2 aromatic rings. The standard InChI is InChI=1S/C12H11BrN2O2S/c1-7-9(13)3-4-11(14-7)15-12(16)10-5-8(17-2)6-18-10/h3-6H,1-2H3,(H,14,15,16). The molecule has 6 heteroatoms. The Hall–Kier alpha value is -1.40. The van der Waals surface area contributed by atoms with Crippen molar-refractivity contribution in [3.8, 4) is 5.75 Å². The van der Waals surface area contributed by atoms with Crippen LogP contribution in [0.4, 0.5) is 5.82 Å². The Morgan fingerprint density at radius 2 is 2.28 bits per heavy atom. The van der Waals surface area contributed by atoms with E-state index < -0.39 is 0 Å². The molecule has 94 valence electrons. The van der Waals surface area contributed by atoms with E-state index in [1.807, 2.05) is 13.0 Å². The van der Waals surface area contributed by atoms with Crippen LogP contribution in [0.1, 0.15) is 15.4 Å². The summed E-state index contributed by atoms with van der Waals surface area (Å²) in [5.74, 6) is 1.04. The Morgan fingerprint density at radius 1 is 1.50 bits per heavy atom. The highest BCUT2D eigenvalue weighted by atomic mass is 79.9. The second-order valence-corrected chi connectivity index (χ2v) is 5.33. The van der Waals surface area contributed by atoms with E-state index in [-0.39, 0.29) is 5.91 Å². The summed E-state index contributed by atoms with van der Waals surface area (Å²) in [6.45, 7) is 1.87. The van der Waals surface area contributed by atoms with Crippen molar-refractivity contribution in [2.45, 2.75) is 6.92 Å². The fourth-order valence-corrected chi connectivity index (χ4v) is 2.31. The van der Waals surface area contributed by atoms with Gasteiger partial charge in [0.05, 0.1) is 17.7 Å². The number of nitrogens with zero attached hydrogens (tertiary/aromatic N) is 1. The summed E-state index contributed by atoms with van der Waals surface area (Å²) in [7, 11) is 1.57. The number of amides is 1. The van der Waals surface area contributed by atoms with Crippen molar-refractivity contribution in [1.82, 2.24) is 4.98 Å². The van der Waals surface area contributed by atoms with Crippen molar-refractivity contribution in [2.24, 2.45) is 0 Å². The minimum absolute atomic E-state index is 0.183. The maximum absolute atomic E-state index is 11.9. The second kappa shape index (κ2) is 5.49. The Labute approximate surface area is 117 Å². The van der Waals surface area contributed by atoms with Crippen LogP contribution >= 0.6 is 27.3 Å². The minimum Gasteiger partial charge on any atom is -0.496 e. The molecule has 0 saturated carbocycles. The van der Waals surface area contributed by atoms with E-state index in [1.54, 1.807) is 24.6 Å². The molecule has 0 atom stereocenters. The van der Waals surface area contributed by atoms with Gasteiger partial charge in [-0.2, -0.15) is 0 Å². The maximum Gasteiger partial charge on any atom is 0.267 e. The van der Waals surface area contributed by atoms with E-state index in [0.717, 1.165) is 10.2 Å². The molecular weight excluding hydrogens is 316 g/mol. The maximum atomic E-state index is 11.9. The third kappa shape index (κ3) is 2.88. The van der Waals surface area contributed by atoms with E-state index in [1.165, 1.54) is 11.3 Å². The van der Waals surface area contributed by atoms with Crippen LogP contribution in [0.2, 0.25) is 0 Å². The molecule has 2 aromatic heterocycles. The molecule has 0 aliphatic heterocycles. The first-order valence-corrected chi connectivity index (χ1v) is 6.84. The Morgan fingerprint density at radius 3 is 2.89 bits per heavy atom. The first-order chi connectivity index (χ1) is 8.60. The molecule has 0 aliphatic carbocycles. The van der Waals surface area contributed by atoms with Gasteiger partial charge in [0.25, 0.3) is 5.91 Å². The number of pyridine rings is 1. The summed E-state index contributed by atoms with van der Waals surface area (Å²) < 4.78 is 5.95. The van der Waals surface area contributed by atoms with Crippen molar-refractivity contribution in [3.05, 3.63) is 38.6 Å². The van der Waals surface area contributed by atoms with Gasteiger partial charge < -0.3 is 10.1 Å². The SMILES string of the molecule is COc1csc(C(=O)Nc2ccc(Br)c(C)n2)c1. The Bertz CT molecular complexity index is 583. The van der Waals surface area contributed by atoms with Crippen molar-refractivity contribution < 1.29 is 9.53 Å². The van der Waals surface area contributed by atoms with Gasteiger partial charge in [0.1, 0.15) is 11.6 Å². The number of carbonyl (C=O) groups is 1. The van der Waals surface area contributed by atoms with Gasteiger partial charge in [0.2, 0.25) is 0 Å². The van der Waals surface area contributed by atoms with Crippen LogP contribution < -0.4 is 10.1 Å². The van der Waals surface area contributed by atoms with Gasteiger partial charge >= 0.3 is 0 Å². The summed E-state index contributed by atoms with van der Waals surface area (Å²) in [6.07, 6.45) is 0.